The molecule has 1 heterocycles. The Morgan fingerprint density at radius 2 is 1.95 bits per heavy atom. The molecule has 1 saturated heterocycles. The van der Waals surface area contributed by atoms with E-state index in [0.29, 0.717) is 16.5 Å². The van der Waals surface area contributed by atoms with Gasteiger partial charge in [-0.15, -0.1) is 0 Å². The normalized spacial score (nSPS) is 31.8. The minimum absolute atomic E-state index is 0.00743. The van der Waals surface area contributed by atoms with E-state index >= 15 is 0 Å². The third-order valence-corrected chi connectivity index (χ3v) is 7.69. The molecule has 10 nitrogen and oxygen atoms in total. The largest absolute Gasteiger partial charge is 0.506 e. The van der Waals surface area contributed by atoms with Crippen molar-refractivity contribution >= 4 is 28.1 Å². The summed E-state index contributed by atoms with van der Waals surface area (Å²) in [5.41, 5.74) is 3.76. The fraction of sp³-hybridized carbons (Fsp3) is 0.444. The highest BCUT2D eigenvalue weighted by Gasteiger charge is 2.51. The number of phenols is 1. The molecule has 10 heteroatoms. The summed E-state index contributed by atoms with van der Waals surface area (Å²) in [5, 5.41) is 33.2. The summed E-state index contributed by atoms with van der Waals surface area (Å²) < 4.78 is 17.2. The Hall–Kier alpha value is -3.15. The van der Waals surface area contributed by atoms with Crippen LogP contribution in [0.5, 0.6) is 11.5 Å². The molecule has 0 unspecified atom stereocenters. The standard InChI is InChI=1S/C27H29NO9/c1-11-23(30)17(28)8-20(36-11)37-19-10-27(34,12(2)29)9-16-21(19)25(32)15-7-14-13(5-4-6-18(14)35-3)24(31)22(15)26(16)33/h4-7,11,17,19-20,23,30-31,34H,8-10,28H2,1-3H3/t11-,17-,19-,20-,23+,27-/m0/s1. The first-order chi connectivity index (χ1) is 17.5. The van der Waals surface area contributed by atoms with Gasteiger partial charge in [0.1, 0.15) is 17.1 Å². The summed E-state index contributed by atoms with van der Waals surface area (Å²) in [6, 6.07) is 5.78. The van der Waals surface area contributed by atoms with Gasteiger partial charge in [-0.3, -0.25) is 14.4 Å². The van der Waals surface area contributed by atoms with Gasteiger partial charge in [0.05, 0.1) is 31.0 Å². The molecule has 0 spiro atoms. The molecule has 3 aliphatic rings. The van der Waals surface area contributed by atoms with Crippen LogP contribution in [0.25, 0.3) is 10.8 Å². The second-order valence-electron chi connectivity index (χ2n) is 10.0. The zero-order valence-corrected chi connectivity index (χ0v) is 20.7. The monoisotopic (exact) mass is 511 g/mol. The summed E-state index contributed by atoms with van der Waals surface area (Å²) in [4.78, 5) is 40.1. The highest BCUT2D eigenvalue weighted by molar-refractivity contribution is 6.30. The van der Waals surface area contributed by atoms with Crippen LogP contribution in [0.1, 0.15) is 53.8 Å². The number of phenolic OH excluding ortho intramolecular Hbond substituents is 1. The zero-order valence-electron chi connectivity index (χ0n) is 20.7. The quantitative estimate of drug-likeness (QED) is 0.473. The number of ether oxygens (including phenoxy) is 3. The van der Waals surface area contributed by atoms with Crippen molar-refractivity contribution in [2.75, 3.05) is 7.11 Å². The van der Waals surface area contributed by atoms with Crippen LogP contribution in [0, 0.1) is 0 Å². The first kappa shape index (κ1) is 25.5. The molecule has 37 heavy (non-hydrogen) atoms. The van der Waals surface area contributed by atoms with E-state index < -0.39 is 60.0 Å². The lowest BCUT2D eigenvalue weighted by Crippen LogP contribution is -2.54. The van der Waals surface area contributed by atoms with Gasteiger partial charge in [-0.2, -0.15) is 0 Å². The molecule has 1 fully saturated rings. The molecular weight excluding hydrogens is 482 g/mol. The van der Waals surface area contributed by atoms with Crippen molar-refractivity contribution in [2.24, 2.45) is 5.73 Å². The van der Waals surface area contributed by atoms with Crippen LogP contribution in [0.2, 0.25) is 0 Å². The van der Waals surface area contributed by atoms with Crippen LogP contribution in [-0.4, -0.2) is 76.0 Å². The number of hydrogen-bond donors (Lipinski definition) is 4. The minimum Gasteiger partial charge on any atom is -0.506 e. The third-order valence-electron chi connectivity index (χ3n) is 7.69. The van der Waals surface area contributed by atoms with Crippen molar-refractivity contribution in [3.05, 3.63) is 46.5 Å². The van der Waals surface area contributed by atoms with Gasteiger partial charge in [0.2, 0.25) is 0 Å². The van der Waals surface area contributed by atoms with Crippen LogP contribution < -0.4 is 10.5 Å². The second-order valence-corrected chi connectivity index (χ2v) is 10.0. The second kappa shape index (κ2) is 9.00. The molecule has 5 N–H and O–H groups in total. The summed E-state index contributed by atoms with van der Waals surface area (Å²) in [5.74, 6) is -1.78. The molecule has 0 bridgehead atoms. The number of methoxy groups -OCH3 is 1. The van der Waals surface area contributed by atoms with Gasteiger partial charge in [0.15, 0.2) is 23.6 Å². The molecule has 2 aromatic carbocycles. The van der Waals surface area contributed by atoms with Crippen LogP contribution in [-0.2, 0) is 14.3 Å². The van der Waals surface area contributed by atoms with E-state index in [1.807, 2.05) is 0 Å². The number of benzene rings is 2. The number of fused-ring (bicyclic) bond motifs is 2. The van der Waals surface area contributed by atoms with Crippen molar-refractivity contribution in [1.29, 1.82) is 0 Å². The Balaban J connectivity index is 1.64. The highest BCUT2D eigenvalue weighted by Crippen LogP contribution is 2.46. The van der Waals surface area contributed by atoms with Crippen LogP contribution in [0.15, 0.2) is 35.4 Å². The number of Topliss-reactive ketones (excluding diaryl/α,β-unsaturated/α-hetero) is 3. The summed E-state index contributed by atoms with van der Waals surface area (Å²) in [6.45, 7) is 2.83. The van der Waals surface area contributed by atoms with E-state index in [4.69, 9.17) is 19.9 Å². The molecular formula is C27H29NO9. The summed E-state index contributed by atoms with van der Waals surface area (Å²) in [6.07, 6.45) is -4.25. The average molecular weight is 512 g/mol. The third kappa shape index (κ3) is 3.96. The average Bonchev–Trinajstić information content (AvgIpc) is 2.85. The molecule has 1 aliphatic heterocycles. The van der Waals surface area contributed by atoms with Crippen molar-refractivity contribution in [2.45, 2.75) is 69.4 Å². The number of carbonyl (C=O) groups is 3. The number of nitrogens with two attached hydrogens (primary N) is 1. The van der Waals surface area contributed by atoms with Gasteiger partial charge in [0, 0.05) is 52.8 Å². The maximum atomic E-state index is 13.9. The first-order valence-corrected chi connectivity index (χ1v) is 12.1. The van der Waals surface area contributed by atoms with Gasteiger partial charge in [-0.25, -0.2) is 0 Å². The summed E-state index contributed by atoms with van der Waals surface area (Å²) in [7, 11) is 1.46. The lowest BCUT2D eigenvalue weighted by atomic mass is 9.69. The van der Waals surface area contributed by atoms with E-state index in [1.54, 1.807) is 25.1 Å². The van der Waals surface area contributed by atoms with Gasteiger partial charge in [-0.1, -0.05) is 12.1 Å². The molecule has 0 saturated carbocycles. The SMILES string of the molecule is COc1cccc2c(O)c3c(cc12)C(=O)C1=C(C[C@@](O)(C(C)=O)C[C@@H]1O[C@H]1C[C@H](N)[C@H](O)[C@H](C)O1)C3=O. The van der Waals surface area contributed by atoms with E-state index in [9.17, 15) is 29.7 Å². The van der Waals surface area contributed by atoms with Crippen LogP contribution in [0.3, 0.4) is 0 Å². The Kier molecular flexibility index (Phi) is 6.20. The number of aromatic hydroxyl groups is 1. The minimum atomic E-state index is -1.96. The predicted molar refractivity (Wildman–Crippen MR) is 131 cm³/mol. The Labute approximate surface area is 212 Å². The molecule has 2 aromatic rings. The predicted octanol–water partition coefficient (Wildman–Crippen LogP) is 1.55. The fourth-order valence-electron chi connectivity index (χ4n) is 5.55. The molecule has 2 aliphatic carbocycles. The first-order valence-electron chi connectivity index (χ1n) is 12.1. The molecule has 0 amide bonds. The van der Waals surface area contributed by atoms with Crippen LogP contribution in [0.4, 0.5) is 0 Å². The molecule has 6 atom stereocenters. The van der Waals surface area contributed by atoms with Crippen molar-refractivity contribution in [1.82, 2.24) is 0 Å². The lowest BCUT2D eigenvalue weighted by Gasteiger charge is -2.42. The van der Waals surface area contributed by atoms with E-state index in [1.165, 1.54) is 20.1 Å². The lowest BCUT2D eigenvalue weighted by molar-refractivity contribution is -0.239. The molecule has 0 aromatic heterocycles. The van der Waals surface area contributed by atoms with E-state index in [-0.39, 0.29) is 40.9 Å². The molecule has 196 valence electrons. The number of hydrogen-bond acceptors (Lipinski definition) is 10. The van der Waals surface area contributed by atoms with Crippen LogP contribution >= 0.6 is 0 Å². The van der Waals surface area contributed by atoms with E-state index in [0.717, 1.165) is 0 Å². The maximum Gasteiger partial charge on any atom is 0.194 e. The van der Waals surface area contributed by atoms with Gasteiger partial charge in [-0.05, 0) is 26.0 Å². The van der Waals surface area contributed by atoms with Gasteiger partial charge >= 0.3 is 0 Å². The number of aliphatic hydroxyl groups is 2. The topological polar surface area (TPSA) is 166 Å². The van der Waals surface area contributed by atoms with Crippen molar-refractivity contribution in [3.8, 4) is 11.5 Å². The Morgan fingerprint density at radius 1 is 1.22 bits per heavy atom. The van der Waals surface area contributed by atoms with Crippen molar-refractivity contribution < 1.29 is 43.9 Å². The number of rotatable bonds is 4. The number of carbonyl (C=O) groups excluding carboxylic acids is 3. The van der Waals surface area contributed by atoms with Gasteiger partial charge < -0.3 is 35.3 Å². The highest BCUT2D eigenvalue weighted by atomic mass is 16.7. The molecule has 0 radical (unpaired) electrons. The number of aliphatic hydroxyl groups excluding tert-OH is 1. The maximum absolute atomic E-state index is 13.9. The Morgan fingerprint density at radius 3 is 2.59 bits per heavy atom. The zero-order chi connectivity index (χ0) is 26.8. The Bertz CT molecular complexity index is 1350. The van der Waals surface area contributed by atoms with E-state index in [2.05, 4.69) is 0 Å². The smallest absolute Gasteiger partial charge is 0.194 e. The van der Waals surface area contributed by atoms with Gasteiger partial charge in [0.25, 0.3) is 0 Å². The van der Waals surface area contributed by atoms with Crippen molar-refractivity contribution in [3.63, 3.8) is 0 Å². The fourth-order valence-corrected chi connectivity index (χ4v) is 5.55. The molecule has 5 rings (SSSR count). The summed E-state index contributed by atoms with van der Waals surface area (Å²) >= 11 is 0. The number of ketones is 3.